The van der Waals surface area contributed by atoms with E-state index < -0.39 is 0 Å². The Morgan fingerprint density at radius 1 is 1.06 bits per heavy atom. The summed E-state index contributed by atoms with van der Waals surface area (Å²) < 4.78 is 0. The highest BCUT2D eigenvalue weighted by Gasteiger charge is 2.27. The first-order valence-electron chi connectivity index (χ1n) is 10.5. The highest BCUT2D eigenvalue weighted by molar-refractivity contribution is 7.12. The van der Waals surface area contributed by atoms with Crippen molar-refractivity contribution in [2.75, 3.05) is 6.61 Å². The van der Waals surface area contributed by atoms with Crippen molar-refractivity contribution in [2.45, 2.75) is 26.4 Å². The van der Waals surface area contributed by atoms with Gasteiger partial charge in [0.1, 0.15) is 0 Å². The van der Waals surface area contributed by atoms with E-state index in [2.05, 4.69) is 20.6 Å². The highest BCUT2D eigenvalue weighted by Crippen LogP contribution is 2.30. The molecule has 7 nitrogen and oxygen atoms in total. The van der Waals surface area contributed by atoms with Crippen LogP contribution in [0.5, 0.6) is 0 Å². The molecule has 0 aliphatic heterocycles. The average Bonchev–Trinajstić information content (AvgIpc) is 3.53. The Hall–Kier alpha value is -3.36. The van der Waals surface area contributed by atoms with E-state index in [1.54, 1.807) is 4.90 Å². The van der Waals surface area contributed by atoms with Crippen LogP contribution in [0.4, 0.5) is 0 Å². The molecular weight excluding hydrogens is 422 g/mol. The van der Waals surface area contributed by atoms with Crippen LogP contribution in [0.25, 0.3) is 22.5 Å². The summed E-state index contributed by atoms with van der Waals surface area (Å²) in [6.07, 6.45) is 0. The summed E-state index contributed by atoms with van der Waals surface area (Å²) in [5, 5.41) is 26.3. The van der Waals surface area contributed by atoms with Gasteiger partial charge in [0.05, 0.1) is 17.5 Å². The zero-order valence-corrected chi connectivity index (χ0v) is 18.8. The molecule has 1 amide bonds. The molecule has 2 N–H and O–H groups in total. The molecule has 164 valence electrons. The molecule has 8 heteroatoms. The molecule has 0 spiro atoms. The minimum atomic E-state index is -0.261. The van der Waals surface area contributed by atoms with E-state index in [9.17, 15) is 9.90 Å². The molecule has 0 bridgehead atoms. The van der Waals surface area contributed by atoms with Crippen LogP contribution in [0.15, 0.2) is 66.0 Å². The number of rotatable bonds is 8. The standard InChI is InChI=1S/C24H25N5O2S/c1-16(2)21(15-30)29(24(31)22-8-5-13-32-22)14-17-9-11-18(12-10-17)19-6-3-4-7-20(19)23-25-27-28-26-23/h3-13,16,21,30H,14-15H2,1-2H3,(H,25,26,27,28). The van der Waals surface area contributed by atoms with Gasteiger partial charge in [-0.2, -0.15) is 5.21 Å². The summed E-state index contributed by atoms with van der Waals surface area (Å²) in [7, 11) is 0. The molecule has 2 heterocycles. The van der Waals surface area contributed by atoms with Crippen molar-refractivity contribution in [3.63, 3.8) is 0 Å². The number of tetrazole rings is 1. The van der Waals surface area contributed by atoms with Crippen molar-refractivity contribution in [3.8, 4) is 22.5 Å². The fourth-order valence-corrected chi connectivity index (χ4v) is 4.42. The smallest absolute Gasteiger partial charge is 0.264 e. The number of carbonyl (C=O) groups is 1. The zero-order valence-electron chi connectivity index (χ0n) is 18.0. The molecular formula is C24H25N5O2S. The molecule has 0 saturated carbocycles. The van der Waals surface area contributed by atoms with E-state index in [0.29, 0.717) is 17.2 Å². The lowest BCUT2D eigenvalue weighted by molar-refractivity contribution is 0.0487. The maximum absolute atomic E-state index is 13.2. The second kappa shape index (κ2) is 9.84. The Bertz CT molecular complexity index is 1140. The van der Waals surface area contributed by atoms with Crippen LogP contribution in [-0.2, 0) is 6.54 Å². The normalized spacial score (nSPS) is 12.1. The number of nitrogens with one attached hydrogen (secondary N) is 1. The minimum Gasteiger partial charge on any atom is -0.394 e. The monoisotopic (exact) mass is 447 g/mol. The number of thiophene rings is 1. The summed E-state index contributed by atoms with van der Waals surface area (Å²) in [5.74, 6) is 0.615. The number of nitrogens with zero attached hydrogens (tertiary/aromatic N) is 4. The number of aliphatic hydroxyl groups is 1. The first-order valence-corrected chi connectivity index (χ1v) is 11.3. The molecule has 2 aromatic carbocycles. The Balaban J connectivity index is 1.61. The van der Waals surface area contributed by atoms with Crippen LogP contribution < -0.4 is 0 Å². The third-order valence-electron chi connectivity index (χ3n) is 5.48. The molecule has 1 atom stereocenters. The van der Waals surface area contributed by atoms with Crippen LogP contribution in [0.2, 0.25) is 0 Å². The van der Waals surface area contributed by atoms with Gasteiger partial charge in [-0.15, -0.1) is 21.5 Å². The fourth-order valence-electron chi connectivity index (χ4n) is 3.74. The molecule has 2 aromatic heterocycles. The second-order valence-corrected chi connectivity index (χ2v) is 8.83. The van der Waals surface area contributed by atoms with Crippen LogP contribution in [0.1, 0.15) is 29.1 Å². The summed E-state index contributed by atoms with van der Waals surface area (Å²) in [6.45, 7) is 4.39. The van der Waals surface area contributed by atoms with Crippen molar-refractivity contribution < 1.29 is 9.90 Å². The molecule has 0 radical (unpaired) electrons. The first-order chi connectivity index (χ1) is 15.6. The molecule has 4 aromatic rings. The van der Waals surface area contributed by atoms with Crippen molar-refractivity contribution in [2.24, 2.45) is 5.92 Å². The number of amides is 1. The Kier molecular flexibility index (Phi) is 6.72. The van der Waals surface area contributed by atoms with Crippen molar-refractivity contribution in [1.29, 1.82) is 0 Å². The maximum atomic E-state index is 13.2. The summed E-state index contributed by atoms with van der Waals surface area (Å²) >= 11 is 1.42. The summed E-state index contributed by atoms with van der Waals surface area (Å²) in [4.78, 5) is 15.6. The first kappa shape index (κ1) is 21.9. The van der Waals surface area contributed by atoms with Gasteiger partial charge in [-0.05, 0) is 39.3 Å². The van der Waals surface area contributed by atoms with Gasteiger partial charge in [0.25, 0.3) is 5.91 Å². The van der Waals surface area contributed by atoms with E-state index in [1.165, 1.54) is 11.3 Å². The number of aromatic nitrogens is 4. The predicted octanol–water partition coefficient (Wildman–Crippen LogP) is 4.25. The quantitative estimate of drug-likeness (QED) is 0.421. The number of hydrogen-bond acceptors (Lipinski definition) is 6. The topological polar surface area (TPSA) is 95.0 Å². The van der Waals surface area contributed by atoms with Gasteiger partial charge in [0.2, 0.25) is 5.82 Å². The third kappa shape index (κ3) is 4.61. The second-order valence-electron chi connectivity index (χ2n) is 7.88. The largest absolute Gasteiger partial charge is 0.394 e. The average molecular weight is 448 g/mol. The Labute approximate surface area is 190 Å². The predicted molar refractivity (Wildman–Crippen MR) is 125 cm³/mol. The molecule has 0 aliphatic rings. The molecule has 0 aliphatic carbocycles. The third-order valence-corrected chi connectivity index (χ3v) is 6.34. The van der Waals surface area contributed by atoms with Crippen LogP contribution in [0.3, 0.4) is 0 Å². The molecule has 4 rings (SSSR count). The fraction of sp³-hybridized carbons (Fsp3) is 0.250. The van der Waals surface area contributed by atoms with E-state index >= 15 is 0 Å². The number of H-pyrrole nitrogens is 1. The van der Waals surface area contributed by atoms with Gasteiger partial charge in [-0.1, -0.05) is 68.4 Å². The lowest BCUT2D eigenvalue weighted by atomic mass is 9.97. The van der Waals surface area contributed by atoms with Gasteiger partial charge in [0, 0.05) is 12.1 Å². The molecule has 1 unspecified atom stereocenters. The van der Waals surface area contributed by atoms with Crippen molar-refractivity contribution in [3.05, 3.63) is 76.5 Å². The molecule has 32 heavy (non-hydrogen) atoms. The number of hydrogen-bond donors (Lipinski definition) is 2. The maximum Gasteiger partial charge on any atom is 0.264 e. The van der Waals surface area contributed by atoms with Crippen molar-refractivity contribution >= 4 is 17.2 Å². The number of carbonyl (C=O) groups excluding carboxylic acids is 1. The Morgan fingerprint density at radius 2 is 1.81 bits per heavy atom. The van der Waals surface area contributed by atoms with Gasteiger partial charge >= 0.3 is 0 Å². The molecule has 0 saturated heterocycles. The highest BCUT2D eigenvalue weighted by atomic mass is 32.1. The van der Waals surface area contributed by atoms with Gasteiger partial charge < -0.3 is 10.0 Å². The van der Waals surface area contributed by atoms with E-state index in [4.69, 9.17) is 0 Å². The van der Waals surface area contributed by atoms with E-state index in [-0.39, 0.29) is 24.5 Å². The van der Waals surface area contributed by atoms with Crippen LogP contribution >= 0.6 is 11.3 Å². The van der Waals surface area contributed by atoms with Crippen LogP contribution in [-0.4, -0.2) is 49.2 Å². The zero-order chi connectivity index (χ0) is 22.5. The Morgan fingerprint density at radius 3 is 2.41 bits per heavy atom. The minimum absolute atomic E-state index is 0.0562. The SMILES string of the molecule is CC(C)C(CO)N(Cc1ccc(-c2ccccc2-c2nn[nH]n2)cc1)C(=O)c1cccs1. The number of aliphatic hydroxyl groups excluding tert-OH is 1. The van der Waals surface area contributed by atoms with E-state index in [0.717, 1.165) is 22.3 Å². The van der Waals surface area contributed by atoms with Gasteiger partial charge in [-0.3, -0.25) is 4.79 Å². The summed E-state index contributed by atoms with van der Waals surface area (Å²) in [6, 6.07) is 19.4. The number of benzene rings is 2. The van der Waals surface area contributed by atoms with Gasteiger partial charge in [0.15, 0.2) is 0 Å². The lowest BCUT2D eigenvalue weighted by Gasteiger charge is -2.33. The van der Waals surface area contributed by atoms with Crippen molar-refractivity contribution in [1.82, 2.24) is 25.5 Å². The van der Waals surface area contributed by atoms with Gasteiger partial charge in [-0.25, -0.2) is 0 Å². The number of aromatic amines is 1. The lowest BCUT2D eigenvalue weighted by Crippen LogP contribution is -2.44. The summed E-state index contributed by atoms with van der Waals surface area (Å²) in [5.41, 5.74) is 3.91. The van der Waals surface area contributed by atoms with Crippen LogP contribution in [0, 0.1) is 5.92 Å². The molecule has 0 fully saturated rings. The van der Waals surface area contributed by atoms with E-state index in [1.807, 2.05) is 79.9 Å².